The summed E-state index contributed by atoms with van der Waals surface area (Å²) in [6.45, 7) is 0.526. The Morgan fingerprint density at radius 3 is 2.26 bits per heavy atom. The molecule has 5 nitrogen and oxygen atoms in total. The van der Waals surface area contributed by atoms with Crippen molar-refractivity contribution >= 4 is 11.4 Å². The van der Waals surface area contributed by atoms with Crippen LogP contribution in [-0.2, 0) is 11.4 Å². The lowest BCUT2D eigenvalue weighted by Crippen LogP contribution is -2.20. The van der Waals surface area contributed by atoms with E-state index in [2.05, 4.69) is 0 Å². The van der Waals surface area contributed by atoms with Gasteiger partial charge in [-0.2, -0.15) is 0 Å². The van der Waals surface area contributed by atoms with Crippen molar-refractivity contribution in [3.8, 4) is 0 Å². The van der Waals surface area contributed by atoms with Gasteiger partial charge in [0.2, 0.25) is 0 Å². The minimum absolute atomic E-state index is 0.0902. The van der Waals surface area contributed by atoms with Gasteiger partial charge >= 0.3 is 0 Å². The summed E-state index contributed by atoms with van der Waals surface area (Å²) in [5, 5.41) is 12.3. The molecule has 0 N–H and O–H groups in total. The molecule has 2 aromatic carbocycles. The number of nitro groups is 1. The van der Waals surface area contributed by atoms with Gasteiger partial charge in [-0.05, 0) is 17.7 Å². The van der Waals surface area contributed by atoms with E-state index in [0.717, 1.165) is 11.3 Å². The van der Waals surface area contributed by atoms with E-state index in [-0.39, 0.29) is 5.69 Å². The average molecular weight is 258 g/mol. The summed E-state index contributed by atoms with van der Waals surface area (Å²) in [4.78, 5) is 15.5. The fourth-order valence-electron chi connectivity index (χ4n) is 1.74. The number of nitrogens with zero attached hydrogens (tertiary/aromatic N) is 2. The van der Waals surface area contributed by atoms with E-state index in [1.807, 2.05) is 30.3 Å². The van der Waals surface area contributed by atoms with Crippen molar-refractivity contribution in [3.05, 3.63) is 70.3 Å². The van der Waals surface area contributed by atoms with Crippen molar-refractivity contribution < 1.29 is 9.76 Å². The second-order valence-electron chi connectivity index (χ2n) is 3.98. The first-order valence-corrected chi connectivity index (χ1v) is 5.81. The Morgan fingerprint density at radius 2 is 1.74 bits per heavy atom. The molecule has 0 heterocycles. The number of nitro benzene ring substituents is 1. The Balaban J connectivity index is 2.12. The van der Waals surface area contributed by atoms with Gasteiger partial charge in [0.1, 0.15) is 0 Å². The molecule has 0 amide bonds. The smallest absolute Gasteiger partial charge is 0.269 e. The molecule has 0 aliphatic rings. The first-order valence-electron chi connectivity index (χ1n) is 5.81. The van der Waals surface area contributed by atoms with Crippen molar-refractivity contribution in [2.75, 3.05) is 12.2 Å². The average Bonchev–Trinajstić information content (AvgIpc) is 2.46. The summed E-state index contributed by atoms with van der Waals surface area (Å²) >= 11 is 0. The highest BCUT2D eigenvalue weighted by Gasteiger charge is 2.08. The van der Waals surface area contributed by atoms with E-state index >= 15 is 0 Å². The molecule has 0 saturated carbocycles. The lowest BCUT2D eigenvalue weighted by molar-refractivity contribution is -0.384. The van der Waals surface area contributed by atoms with E-state index < -0.39 is 4.92 Å². The Labute approximate surface area is 111 Å². The lowest BCUT2D eigenvalue weighted by atomic mass is 10.2. The SMILES string of the molecule is CON(Cc1ccc([N+](=O)[O-])cc1)c1ccccc1. The highest BCUT2D eigenvalue weighted by Crippen LogP contribution is 2.18. The zero-order valence-corrected chi connectivity index (χ0v) is 10.5. The van der Waals surface area contributed by atoms with Gasteiger partial charge in [0.25, 0.3) is 5.69 Å². The maximum absolute atomic E-state index is 10.6. The zero-order valence-electron chi connectivity index (χ0n) is 10.5. The number of anilines is 1. The van der Waals surface area contributed by atoms with Crippen LogP contribution in [0, 0.1) is 10.1 Å². The summed E-state index contributed by atoms with van der Waals surface area (Å²) in [5.41, 5.74) is 1.96. The maximum atomic E-state index is 10.6. The minimum Gasteiger partial charge on any atom is -0.276 e. The van der Waals surface area contributed by atoms with Gasteiger partial charge in [-0.15, -0.1) is 0 Å². The Hall–Kier alpha value is -2.40. The maximum Gasteiger partial charge on any atom is 0.269 e. The van der Waals surface area contributed by atoms with Crippen LogP contribution in [0.5, 0.6) is 0 Å². The molecule has 2 aromatic rings. The van der Waals surface area contributed by atoms with E-state index in [1.165, 1.54) is 12.1 Å². The van der Waals surface area contributed by atoms with Crippen LogP contribution in [0.15, 0.2) is 54.6 Å². The summed E-state index contributed by atoms with van der Waals surface area (Å²) in [5.74, 6) is 0. The van der Waals surface area contributed by atoms with Crippen LogP contribution in [0.2, 0.25) is 0 Å². The first-order chi connectivity index (χ1) is 9.20. The number of hydrogen-bond donors (Lipinski definition) is 0. The van der Waals surface area contributed by atoms with E-state index in [0.29, 0.717) is 6.54 Å². The standard InChI is InChI=1S/C14H14N2O3/c1-19-15(13-5-3-2-4-6-13)11-12-7-9-14(10-8-12)16(17)18/h2-10H,11H2,1H3. The highest BCUT2D eigenvalue weighted by atomic mass is 16.7. The molecule has 0 saturated heterocycles. The van der Waals surface area contributed by atoms with Crippen molar-refractivity contribution in [3.63, 3.8) is 0 Å². The van der Waals surface area contributed by atoms with Crippen LogP contribution < -0.4 is 5.06 Å². The van der Waals surface area contributed by atoms with Gasteiger partial charge in [0, 0.05) is 12.1 Å². The van der Waals surface area contributed by atoms with Crippen LogP contribution in [-0.4, -0.2) is 12.0 Å². The lowest BCUT2D eigenvalue weighted by Gasteiger charge is -2.21. The number of hydroxylamine groups is 1. The molecule has 0 bridgehead atoms. The molecule has 5 heteroatoms. The van der Waals surface area contributed by atoms with Crippen molar-refractivity contribution in [1.29, 1.82) is 0 Å². The Morgan fingerprint density at radius 1 is 1.11 bits per heavy atom. The van der Waals surface area contributed by atoms with Gasteiger partial charge in [-0.1, -0.05) is 30.3 Å². The normalized spacial score (nSPS) is 10.2. The number of benzene rings is 2. The zero-order chi connectivity index (χ0) is 13.7. The highest BCUT2D eigenvalue weighted by molar-refractivity contribution is 5.44. The van der Waals surface area contributed by atoms with E-state index in [4.69, 9.17) is 4.84 Å². The van der Waals surface area contributed by atoms with Crippen LogP contribution in [0.3, 0.4) is 0 Å². The topological polar surface area (TPSA) is 55.6 Å². The van der Waals surface area contributed by atoms with Crippen LogP contribution in [0.25, 0.3) is 0 Å². The third-order valence-corrected chi connectivity index (χ3v) is 2.74. The molecule has 0 atom stereocenters. The van der Waals surface area contributed by atoms with Crippen LogP contribution in [0.4, 0.5) is 11.4 Å². The van der Waals surface area contributed by atoms with Crippen molar-refractivity contribution in [1.82, 2.24) is 0 Å². The number of para-hydroxylation sites is 1. The van der Waals surface area contributed by atoms with Gasteiger partial charge in [0.15, 0.2) is 0 Å². The quantitative estimate of drug-likeness (QED) is 0.610. The number of rotatable bonds is 5. The predicted molar refractivity (Wildman–Crippen MR) is 72.7 cm³/mol. The summed E-state index contributed by atoms with van der Waals surface area (Å²) < 4.78 is 0. The first kappa shape index (κ1) is 13.0. The number of non-ortho nitro benzene ring substituents is 1. The Kier molecular flexibility index (Phi) is 4.10. The molecule has 0 spiro atoms. The molecule has 2 rings (SSSR count). The molecule has 0 radical (unpaired) electrons. The fraction of sp³-hybridized carbons (Fsp3) is 0.143. The molecule has 0 unspecified atom stereocenters. The fourth-order valence-corrected chi connectivity index (χ4v) is 1.74. The molecule has 19 heavy (non-hydrogen) atoms. The molecule has 98 valence electrons. The molecule has 0 fully saturated rings. The summed E-state index contributed by atoms with van der Waals surface area (Å²) in [6.07, 6.45) is 0. The van der Waals surface area contributed by atoms with E-state index in [1.54, 1.807) is 24.3 Å². The van der Waals surface area contributed by atoms with E-state index in [9.17, 15) is 10.1 Å². The predicted octanol–water partition coefficient (Wildman–Crippen LogP) is 3.16. The van der Waals surface area contributed by atoms with Gasteiger partial charge < -0.3 is 0 Å². The van der Waals surface area contributed by atoms with Crippen molar-refractivity contribution in [2.45, 2.75) is 6.54 Å². The van der Waals surface area contributed by atoms with Gasteiger partial charge in [-0.3, -0.25) is 20.0 Å². The third-order valence-electron chi connectivity index (χ3n) is 2.74. The van der Waals surface area contributed by atoms with Crippen molar-refractivity contribution in [2.24, 2.45) is 0 Å². The van der Waals surface area contributed by atoms with Crippen LogP contribution in [0.1, 0.15) is 5.56 Å². The summed E-state index contributed by atoms with van der Waals surface area (Å²) in [7, 11) is 1.60. The van der Waals surface area contributed by atoms with Gasteiger partial charge in [-0.25, -0.2) is 0 Å². The molecular weight excluding hydrogens is 244 g/mol. The monoisotopic (exact) mass is 258 g/mol. The molecule has 0 aliphatic carbocycles. The molecular formula is C14H14N2O3. The van der Waals surface area contributed by atoms with Gasteiger partial charge in [0.05, 0.1) is 24.3 Å². The minimum atomic E-state index is -0.408. The second kappa shape index (κ2) is 5.97. The number of hydrogen-bond acceptors (Lipinski definition) is 4. The van der Waals surface area contributed by atoms with Crippen LogP contribution >= 0.6 is 0 Å². The molecule has 0 aliphatic heterocycles. The molecule has 0 aromatic heterocycles. The second-order valence-corrected chi connectivity index (χ2v) is 3.98. The largest absolute Gasteiger partial charge is 0.276 e. The Bertz CT molecular complexity index is 540. The summed E-state index contributed by atoms with van der Waals surface area (Å²) in [6, 6.07) is 16.1. The third kappa shape index (κ3) is 3.29.